The van der Waals surface area contributed by atoms with Crippen LogP contribution in [-0.2, 0) is 19.7 Å². The molecule has 4 aromatic rings. The van der Waals surface area contributed by atoms with Crippen molar-refractivity contribution in [2.45, 2.75) is 19.7 Å². The minimum Gasteiger partial charge on any atom is -0.497 e. The summed E-state index contributed by atoms with van der Waals surface area (Å²) in [5.74, 6) is -0.186. The second-order valence-corrected chi connectivity index (χ2v) is 7.62. The summed E-state index contributed by atoms with van der Waals surface area (Å²) in [5, 5.41) is 7.28. The number of nitrogens with one attached hydrogen (secondary N) is 1. The van der Waals surface area contributed by atoms with Crippen LogP contribution >= 0.6 is 0 Å². The van der Waals surface area contributed by atoms with Gasteiger partial charge >= 0.3 is 0 Å². The Morgan fingerprint density at radius 2 is 1.62 bits per heavy atom. The van der Waals surface area contributed by atoms with Crippen LogP contribution in [0.15, 0.2) is 79.0 Å². The molecule has 3 aromatic carbocycles. The molecule has 0 bridgehead atoms. The highest BCUT2D eigenvalue weighted by Gasteiger charge is 2.18. The molecule has 174 valence electrons. The molecule has 1 aromatic heterocycles. The molecule has 0 spiro atoms. The topological polar surface area (TPSA) is 65.4 Å². The third kappa shape index (κ3) is 5.98. The van der Waals surface area contributed by atoms with Gasteiger partial charge in [-0.25, -0.2) is 8.78 Å². The third-order valence-corrected chi connectivity index (χ3v) is 5.11. The molecule has 6 nitrogen and oxygen atoms in total. The quantitative estimate of drug-likeness (QED) is 0.390. The lowest BCUT2D eigenvalue weighted by Crippen LogP contribution is -2.23. The van der Waals surface area contributed by atoms with Crippen molar-refractivity contribution in [3.05, 3.63) is 113 Å². The largest absolute Gasteiger partial charge is 0.497 e. The lowest BCUT2D eigenvalue weighted by atomic mass is 10.2. The van der Waals surface area contributed by atoms with Crippen LogP contribution in [0, 0.1) is 11.6 Å². The van der Waals surface area contributed by atoms with E-state index in [-0.39, 0.29) is 42.1 Å². The van der Waals surface area contributed by atoms with Crippen LogP contribution < -0.4 is 14.8 Å². The van der Waals surface area contributed by atoms with E-state index in [9.17, 15) is 13.6 Å². The zero-order valence-corrected chi connectivity index (χ0v) is 18.5. The summed E-state index contributed by atoms with van der Waals surface area (Å²) < 4.78 is 39.0. The number of amides is 1. The molecule has 8 heteroatoms. The van der Waals surface area contributed by atoms with Gasteiger partial charge in [0.15, 0.2) is 0 Å². The van der Waals surface area contributed by atoms with Crippen molar-refractivity contribution in [2.75, 3.05) is 7.11 Å². The van der Waals surface area contributed by atoms with Crippen molar-refractivity contribution in [1.82, 2.24) is 15.1 Å². The molecule has 0 saturated carbocycles. The lowest BCUT2D eigenvalue weighted by Gasteiger charge is -2.08. The van der Waals surface area contributed by atoms with Crippen molar-refractivity contribution in [1.29, 1.82) is 0 Å². The summed E-state index contributed by atoms with van der Waals surface area (Å²) in [6.07, 6.45) is 1.59. The molecule has 0 fully saturated rings. The Morgan fingerprint density at radius 1 is 0.941 bits per heavy atom. The van der Waals surface area contributed by atoms with Crippen LogP contribution in [0.5, 0.6) is 11.6 Å². The molecule has 0 aliphatic rings. The van der Waals surface area contributed by atoms with Crippen molar-refractivity contribution in [3.8, 4) is 11.6 Å². The predicted octanol–water partition coefficient (Wildman–Crippen LogP) is 4.73. The van der Waals surface area contributed by atoms with Gasteiger partial charge in [-0.15, -0.1) is 5.10 Å². The summed E-state index contributed by atoms with van der Waals surface area (Å²) in [5.41, 5.74) is 2.68. The molecular weight excluding hydrogens is 440 g/mol. The molecule has 0 radical (unpaired) electrons. The van der Waals surface area contributed by atoms with E-state index in [0.717, 1.165) is 16.7 Å². The van der Waals surface area contributed by atoms with Crippen LogP contribution in [-0.4, -0.2) is 22.8 Å². The highest BCUT2D eigenvalue weighted by molar-refractivity contribution is 5.96. The molecule has 34 heavy (non-hydrogen) atoms. The number of benzene rings is 3. The number of aromatic nitrogens is 2. The molecule has 1 heterocycles. The van der Waals surface area contributed by atoms with Gasteiger partial charge in [-0.2, -0.15) is 0 Å². The normalized spacial score (nSPS) is 10.7. The van der Waals surface area contributed by atoms with Crippen molar-refractivity contribution in [3.63, 3.8) is 0 Å². The van der Waals surface area contributed by atoms with E-state index in [1.165, 1.54) is 24.3 Å². The minimum absolute atomic E-state index is 0.115. The fourth-order valence-electron chi connectivity index (χ4n) is 3.32. The Balaban J connectivity index is 1.51. The minimum atomic E-state index is -0.359. The van der Waals surface area contributed by atoms with Gasteiger partial charge in [0.2, 0.25) is 5.88 Å². The summed E-state index contributed by atoms with van der Waals surface area (Å²) in [6, 6.07) is 19.3. The molecule has 0 saturated heterocycles. The predicted molar refractivity (Wildman–Crippen MR) is 123 cm³/mol. The van der Waals surface area contributed by atoms with E-state index in [0.29, 0.717) is 12.3 Å². The van der Waals surface area contributed by atoms with Crippen LogP contribution in [0.2, 0.25) is 0 Å². The summed E-state index contributed by atoms with van der Waals surface area (Å²) in [7, 11) is 1.58. The first kappa shape index (κ1) is 23.0. The van der Waals surface area contributed by atoms with E-state index in [4.69, 9.17) is 9.47 Å². The third-order valence-electron chi connectivity index (χ3n) is 5.11. The maximum atomic E-state index is 13.2. The summed E-state index contributed by atoms with van der Waals surface area (Å²) in [4.78, 5) is 13.0. The molecule has 0 aliphatic carbocycles. The Labute approximate surface area is 195 Å². The highest BCUT2D eigenvalue weighted by atomic mass is 19.1. The molecule has 0 aliphatic heterocycles. The second-order valence-electron chi connectivity index (χ2n) is 7.62. The second kappa shape index (κ2) is 10.6. The van der Waals surface area contributed by atoms with Gasteiger partial charge in [0, 0.05) is 12.7 Å². The number of nitrogens with zero attached hydrogens (tertiary/aromatic N) is 2. The number of carbonyl (C=O) groups excluding carboxylic acids is 1. The first-order valence-electron chi connectivity index (χ1n) is 10.6. The summed E-state index contributed by atoms with van der Waals surface area (Å²) in [6.45, 7) is 0.733. The number of carbonyl (C=O) groups is 1. The zero-order chi connectivity index (χ0) is 23.9. The van der Waals surface area contributed by atoms with Crippen LogP contribution in [0.25, 0.3) is 0 Å². The Bertz CT molecular complexity index is 1260. The first-order chi connectivity index (χ1) is 16.5. The van der Waals surface area contributed by atoms with E-state index < -0.39 is 0 Å². The monoisotopic (exact) mass is 463 g/mol. The summed E-state index contributed by atoms with van der Waals surface area (Å²) >= 11 is 0. The number of rotatable bonds is 9. The number of hydrogen-bond acceptors (Lipinski definition) is 4. The van der Waals surface area contributed by atoms with Gasteiger partial charge in [0.25, 0.3) is 5.91 Å². The first-order valence-corrected chi connectivity index (χ1v) is 10.6. The molecule has 1 amide bonds. The van der Waals surface area contributed by atoms with Gasteiger partial charge in [0.1, 0.15) is 29.6 Å². The maximum absolute atomic E-state index is 13.2. The Morgan fingerprint density at radius 3 is 2.29 bits per heavy atom. The van der Waals surface area contributed by atoms with Gasteiger partial charge in [0.05, 0.1) is 13.7 Å². The zero-order valence-electron chi connectivity index (χ0n) is 18.5. The van der Waals surface area contributed by atoms with Crippen molar-refractivity contribution < 1.29 is 23.0 Å². The van der Waals surface area contributed by atoms with Crippen molar-refractivity contribution in [2.24, 2.45) is 0 Å². The Kier molecular flexibility index (Phi) is 7.17. The van der Waals surface area contributed by atoms with Gasteiger partial charge in [-0.05, 0) is 53.1 Å². The number of ether oxygens (including phenoxy) is 2. The van der Waals surface area contributed by atoms with E-state index in [2.05, 4.69) is 10.4 Å². The Hall–Kier alpha value is -4.20. The van der Waals surface area contributed by atoms with E-state index in [1.54, 1.807) is 42.3 Å². The SMILES string of the molecule is COc1cccc(CNC(=O)c2cn(Cc3ccc(F)cc3)nc2OCc2ccc(F)cc2)c1. The fourth-order valence-corrected chi connectivity index (χ4v) is 3.32. The number of halogens is 2. The number of hydrogen-bond donors (Lipinski definition) is 1. The van der Waals surface area contributed by atoms with E-state index in [1.807, 2.05) is 24.3 Å². The molecule has 0 atom stereocenters. The fraction of sp³-hybridized carbons (Fsp3) is 0.154. The average Bonchev–Trinajstić information content (AvgIpc) is 3.26. The van der Waals surface area contributed by atoms with Gasteiger partial charge < -0.3 is 14.8 Å². The molecule has 4 rings (SSSR count). The number of methoxy groups -OCH3 is 1. The van der Waals surface area contributed by atoms with Gasteiger partial charge in [-0.1, -0.05) is 36.4 Å². The van der Waals surface area contributed by atoms with Crippen LogP contribution in [0.1, 0.15) is 27.0 Å². The van der Waals surface area contributed by atoms with Crippen LogP contribution in [0.3, 0.4) is 0 Å². The van der Waals surface area contributed by atoms with Crippen LogP contribution in [0.4, 0.5) is 8.78 Å². The van der Waals surface area contributed by atoms with E-state index >= 15 is 0 Å². The maximum Gasteiger partial charge on any atom is 0.258 e. The molecule has 0 unspecified atom stereocenters. The standard InChI is InChI=1S/C26H23F2N3O3/c1-33-23-4-2-3-20(13-23)14-29-25(32)24-16-31(15-18-5-9-21(27)10-6-18)30-26(24)34-17-19-7-11-22(28)12-8-19/h2-13,16H,14-15,17H2,1H3,(H,29,32). The highest BCUT2D eigenvalue weighted by Crippen LogP contribution is 2.20. The van der Waals surface area contributed by atoms with Crippen molar-refractivity contribution >= 4 is 5.91 Å². The molecular formula is C26H23F2N3O3. The van der Waals surface area contributed by atoms with Gasteiger partial charge in [-0.3, -0.25) is 9.48 Å². The molecule has 1 N–H and O–H groups in total. The smallest absolute Gasteiger partial charge is 0.258 e. The average molecular weight is 463 g/mol. The lowest BCUT2D eigenvalue weighted by molar-refractivity contribution is 0.0946.